The average Bonchev–Trinajstić information content (AvgIpc) is 3.45. The smallest absolute Gasteiger partial charge is 0.319 e. The summed E-state index contributed by atoms with van der Waals surface area (Å²) in [6.07, 6.45) is 3.00. The fraction of sp³-hybridized carbons (Fsp3) is 0.300. The number of rotatable bonds is 7. The highest BCUT2D eigenvalue weighted by atomic mass is 16.5. The molecule has 6 heteroatoms. The van der Waals surface area contributed by atoms with E-state index in [1.54, 1.807) is 42.5 Å². The van der Waals surface area contributed by atoms with E-state index >= 15 is 0 Å². The van der Waals surface area contributed by atoms with Crippen molar-refractivity contribution in [1.29, 1.82) is 0 Å². The second kappa shape index (κ2) is 8.38. The largest absolute Gasteiger partial charge is 0.494 e. The molecule has 1 saturated carbocycles. The molecule has 3 rings (SSSR count). The molecule has 0 bridgehead atoms. The van der Waals surface area contributed by atoms with Crippen LogP contribution in [0.5, 0.6) is 5.75 Å². The van der Waals surface area contributed by atoms with E-state index in [1.807, 2.05) is 13.0 Å². The quantitative estimate of drug-likeness (QED) is 0.703. The number of hydrogen-bond donors (Lipinski definition) is 3. The standard InChI is InChI=1S/C20H23N3O3/c1-2-12-26-18-5-3-4-14(13-18)19(24)21-15-6-8-16(9-7-15)22-20(25)23-17-10-11-17/h3-9,13,17H,2,10-12H2,1H3,(H,21,24)(H2,22,23,25). The van der Waals surface area contributed by atoms with Crippen molar-refractivity contribution in [2.24, 2.45) is 0 Å². The molecule has 6 nitrogen and oxygen atoms in total. The Morgan fingerprint density at radius 2 is 1.73 bits per heavy atom. The number of hydrogen-bond acceptors (Lipinski definition) is 3. The van der Waals surface area contributed by atoms with Crippen LogP contribution in [0.15, 0.2) is 48.5 Å². The lowest BCUT2D eigenvalue weighted by molar-refractivity contribution is 0.102. The maximum absolute atomic E-state index is 12.4. The predicted octanol–water partition coefficient (Wildman–Crippen LogP) is 4.01. The zero-order valence-corrected chi connectivity index (χ0v) is 14.7. The minimum absolute atomic E-state index is 0.201. The van der Waals surface area contributed by atoms with Gasteiger partial charge in [0.25, 0.3) is 5.91 Å². The van der Waals surface area contributed by atoms with E-state index in [4.69, 9.17) is 4.74 Å². The second-order valence-corrected chi connectivity index (χ2v) is 6.28. The van der Waals surface area contributed by atoms with Crippen LogP contribution >= 0.6 is 0 Å². The molecule has 0 spiro atoms. The zero-order valence-electron chi connectivity index (χ0n) is 14.7. The molecule has 26 heavy (non-hydrogen) atoms. The highest BCUT2D eigenvalue weighted by Crippen LogP contribution is 2.20. The van der Waals surface area contributed by atoms with Crippen LogP contribution in [-0.4, -0.2) is 24.6 Å². The Morgan fingerprint density at radius 3 is 2.38 bits per heavy atom. The van der Waals surface area contributed by atoms with Gasteiger partial charge in [-0.25, -0.2) is 4.79 Å². The van der Waals surface area contributed by atoms with Crippen molar-refractivity contribution in [1.82, 2.24) is 5.32 Å². The first kappa shape index (κ1) is 17.8. The van der Waals surface area contributed by atoms with E-state index in [0.29, 0.717) is 35.3 Å². The van der Waals surface area contributed by atoms with Gasteiger partial charge in [-0.3, -0.25) is 4.79 Å². The van der Waals surface area contributed by atoms with Gasteiger partial charge in [0.15, 0.2) is 0 Å². The van der Waals surface area contributed by atoms with Gasteiger partial charge in [-0.1, -0.05) is 13.0 Å². The van der Waals surface area contributed by atoms with Crippen LogP contribution in [-0.2, 0) is 0 Å². The number of carbonyl (C=O) groups is 2. The van der Waals surface area contributed by atoms with E-state index < -0.39 is 0 Å². The van der Waals surface area contributed by atoms with Crippen LogP contribution in [0.1, 0.15) is 36.5 Å². The number of ether oxygens (including phenoxy) is 1. The summed E-state index contributed by atoms with van der Waals surface area (Å²) in [7, 11) is 0. The number of urea groups is 1. The SMILES string of the molecule is CCCOc1cccc(C(=O)Nc2ccc(NC(=O)NC3CC3)cc2)c1. The summed E-state index contributed by atoms with van der Waals surface area (Å²) in [6.45, 7) is 2.65. The van der Waals surface area contributed by atoms with E-state index in [2.05, 4.69) is 16.0 Å². The molecule has 0 aromatic heterocycles. The van der Waals surface area contributed by atoms with Gasteiger partial charge in [0.05, 0.1) is 6.61 Å². The first-order valence-electron chi connectivity index (χ1n) is 8.86. The lowest BCUT2D eigenvalue weighted by Gasteiger charge is -2.10. The highest BCUT2D eigenvalue weighted by Gasteiger charge is 2.23. The van der Waals surface area contributed by atoms with Crippen LogP contribution in [0.2, 0.25) is 0 Å². The third-order valence-corrected chi connectivity index (χ3v) is 3.88. The van der Waals surface area contributed by atoms with Crippen molar-refractivity contribution in [3.8, 4) is 5.75 Å². The molecule has 3 amide bonds. The first-order valence-corrected chi connectivity index (χ1v) is 8.86. The predicted molar refractivity (Wildman–Crippen MR) is 102 cm³/mol. The second-order valence-electron chi connectivity index (χ2n) is 6.28. The van der Waals surface area contributed by atoms with Crippen LogP contribution in [0, 0.1) is 0 Å². The molecule has 3 N–H and O–H groups in total. The minimum Gasteiger partial charge on any atom is -0.494 e. The van der Waals surface area contributed by atoms with E-state index in [-0.39, 0.29) is 11.9 Å². The molecule has 0 atom stereocenters. The van der Waals surface area contributed by atoms with Gasteiger partial charge in [-0.15, -0.1) is 0 Å². The monoisotopic (exact) mass is 353 g/mol. The molecule has 0 heterocycles. The van der Waals surface area contributed by atoms with Crippen molar-refractivity contribution < 1.29 is 14.3 Å². The molecule has 2 aromatic rings. The van der Waals surface area contributed by atoms with E-state index in [9.17, 15) is 9.59 Å². The molecular formula is C20H23N3O3. The van der Waals surface area contributed by atoms with Crippen molar-refractivity contribution in [3.05, 3.63) is 54.1 Å². The van der Waals surface area contributed by atoms with E-state index in [1.165, 1.54) is 0 Å². The van der Waals surface area contributed by atoms with Gasteiger partial charge in [-0.2, -0.15) is 0 Å². The van der Waals surface area contributed by atoms with Gasteiger partial charge >= 0.3 is 6.03 Å². The van der Waals surface area contributed by atoms with E-state index in [0.717, 1.165) is 19.3 Å². The molecule has 1 fully saturated rings. The van der Waals surface area contributed by atoms with Crippen LogP contribution in [0.25, 0.3) is 0 Å². The van der Waals surface area contributed by atoms with Gasteiger partial charge in [0.2, 0.25) is 0 Å². The van der Waals surface area contributed by atoms with Gasteiger partial charge in [-0.05, 0) is 61.7 Å². The summed E-state index contributed by atoms with van der Waals surface area (Å²) in [4.78, 5) is 24.1. The van der Waals surface area contributed by atoms with Crippen molar-refractivity contribution >= 4 is 23.3 Å². The van der Waals surface area contributed by atoms with Gasteiger partial charge in [0, 0.05) is 23.0 Å². The summed E-state index contributed by atoms with van der Waals surface area (Å²) >= 11 is 0. The van der Waals surface area contributed by atoms with Crippen LogP contribution < -0.4 is 20.7 Å². The molecule has 2 aromatic carbocycles. The summed E-state index contributed by atoms with van der Waals surface area (Å²) in [5.41, 5.74) is 1.86. The Morgan fingerprint density at radius 1 is 1.04 bits per heavy atom. The Bertz CT molecular complexity index is 770. The lowest BCUT2D eigenvalue weighted by atomic mass is 10.2. The molecule has 136 valence electrons. The molecule has 0 aliphatic heterocycles. The lowest BCUT2D eigenvalue weighted by Crippen LogP contribution is -2.30. The topological polar surface area (TPSA) is 79.5 Å². The Labute approximate surface area is 152 Å². The number of anilines is 2. The number of amides is 3. The fourth-order valence-corrected chi connectivity index (χ4v) is 2.37. The first-order chi connectivity index (χ1) is 12.6. The Balaban J connectivity index is 1.56. The summed E-state index contributed by atoms with van der Waals surface area (Å²) < 4.78 is 5.55. The van der Waals surface area contributed by atoms with Crippen LogP contribution in [0.4, 0.5) is 16.2 Å². The third kappa shape index (κ3) is 5.24. The molecule has 0 unspecified atom stereocenters. The normalized spacial score (nSPS) is 13.0. The average molecular weight is 353 g/mol. The molecule has 1 aliphatic rings. The Kier molecular flexibility index (Phi) is 5.73. The van der Waals surface area contributed by atoms with Crippen molar-refractivity contribution in [2.45, 2.75) is 32.2 Å². The fourth-order valence-electron chi connectivity index (χ4n) is 2.37. The summed E-state index contributed by atoms with van der Waals surface area (Å²) in [5, 5.41) is 8.47. The van der Waals surface area contributed by atoms with Crippen molar-refractivity contribution in [3.63, 3.8) is 0 Å². The maximum atomic E-state index is 12.4. The number of nitrogens with one attached hydrogen (secondary N) is 3. The number of benzene rings is 2. The van der Waals surface area contributed by atoms with Crippen LogP contribution in [0.3, 0.4) is 0 Å². The van der Waals surface area contributed by atoms with Gasteiger partial charge < -0.3 is 20.7 Å². The molecule has 0 radical (unpaired) electrons. The summed E-state index contributed by atoms with van der Waals surface area (Å²) in [5.74, 6) is 0.472. The molecule has 1 aliphatic carbocycles. The minimum atomic E-state index is -0.209. The maximum Gasteiger partial charge on any atom is 0.319 e. The number of carbonyl (C=O) groups excluding carboxylic acids is 2. The Hall–Kier alpha value is -3.02. The van der Waals surface area contributed by atoms with Crippen molar-refractivity contribution in [2.75, 3.05) is 17.2 Å². The third-order valence-electron chi connectivity index (χ3n) is 3.88. The zero-order chi connectivity index (χ0) is 18.4. The highest BCUT2D eigenvalue weighted by molar-refractivity contribution is 6.04. The molecule has 0 saturated heterocycles. The molecular weight excluding hydrogens is 330 g/mol. The summed E-state index contributed by atoms with van der Waals surface area (Å²) in [6, 6.07) is 14.2. The van der Waals surface area contributed by atoms with Gasteiger partial charge in [0.1, 0.15) is 5.75 Å².